The van der Waals surface area contributed by atoms with Crippen molar-refractivity contribution in [3.63, 3.8) is 0 Å². The Morgan fingerprint density at radius 1 is 1.26 bits per heavy atom. The number of hydrazone groups is 1. The van der Waals surface area contributed by atoms with Gasteiger partial charge in [-0.25, -0.2) is 5.43 Å². The Morgan fingerprint density at radius 2 is 2.04 bits per heavy atom. The molecule has 0 spiro atoms. The maximum Gasteiger partial charge on any atom is 0.289 e. The van der Waals surface area contributed by atoms with Gasteiger partial charge in [0.2, 0.25) is 0 Å². The van der Waals surface area contributed by atoms with Crippen LogP contribution in [0.2, 0.25) is 0 Å². The molecule has 27 heavy (non-hydrogen) atoms. The summed E-state index contributed by atoms with van der Waals surface area (Å²) in [6.07, 6.45) is 5.82. The number of nitrogens with one attached hydrogen (secondary N) is 1. The van der Waals surface area contributed by atoms with Crippen LogP contribution in [0, 0.1) is 10.1 Å². The molecule has 136 valence electrons. The van der Waals surface area contributed by atoms with Gasteiger partial charge in [-0.15, -0.1) is 0 Å². The van der Waals surface area contributed by atoms with Crippen molar-refractivity contribution < 1.29 is 9.72 Å². The fourth-order valence-electron chi connectivity index (χ4n) is 2.45. The average molecular weight is 363 g/mol. The molecule has 3 aromatic rings. The van der Waals surface area contributed by atoms with Crippen molar-refractivity contribution in [2.45, 2.75) is 13.3 Å². The lowest BCUT2D eigenvalue weighted by atomic mass is 10.2. The molecule has 0 aliphatic heterocycles. The summed E-state index contributed by atoms with van der Waals surface area (Å²) in [6.45, 7) is 2.01. The van der Waals surface area contributed by atoms with Crippen LogP contribution in [-0.4, -0.2) is 26.6 Å². The van der Waals surface area contributed by atoms with E-state index in [0.717, 1.165) is 17.7 Å². The highest BCUT2D eigenvalue weighted by Gasteiger charge is 2.08. The lowest BCUT2D eigenvalue weighted by Gasteiger charge is -2.06. The van der Waals surface area contributed by atoms with Crippen molar-refractivity contribution in [2.24, 2.45) is 5.10 Å². The number of benzene rings is 1. The van der Waals surface area contributed by atoms with Gasteiger partial charge >= 0.3 is 0 Å². The van der Waals surface area contributed by atoms with Crippen molar-refractivity contribution in [3.8, 4) is 5.69 Å². The molecule has 0 aliphatic carbocycles. The Balaban J connectivity index is 1.70. The van der Waals surface area contributed by atoms with Gasteiger partial charge in [0.1, 0.15) is 5.69 Å². The number of hydrogen-bond donors (Lipinski definition) is 1. The van der Waals surface area contributed by atoms with Crippen LogP contribution in [0.4, 0.5) is 5.69 Å². The summed E-state index contributed by atoms with van der Waals surface area (Å²) in [7, 11) is 0. The van der Waals surface area contributed by atoms with E-state index in [2.05, 4.69) is 15.5 Å². The van der Waals surface area contributed by atoms with Crippen LogP contribution in [0.3, 0.4) is 0 Å². The third-order valence-electron chi connectivity index (χ3n) is 3.95. The summed E-state index contributed by atoms with van der Waals surface area (Å²) in [5.41, 5.74) is 5.26. The molecular formula is C19H17N5O3. The molecule has 0 atom stereocenters. The first-order valence-corrected chi connectivity index (χ1v) is 8.29. The van der Waals surface area contributed by atoms with Crippen molar-refractivity contribution in [1.29, 1.82) is 0 Å². The molecule has 3 rings (SSSR count). The highest BCUT2D eigenvalue weighted by atomic mass is 16.6. The van der Waals surface area contributed by atoms with Crippen LogP contribution in [0.25, 0.3) is 5.69 Å². The van der Waals surface area contributed by atoms with Crippen molar-refractivity contribution >= 4 is 17.8 Å². The first kappa shape index (κ1) is 18.0. The Bertz CT molecular complexity index is 975. The molecule has 0 fully saturated rings. The van der Waals surface area contributed by atoms with E-state index >= 15 is 0 Å². The number of amides is 1. The van der Waals surface area contributed by atoms with Crippen molar-refractivity contribution in [2.75, 3.05) is 0 Å². The van der Waals surface area contributed by atoms with Crippen LogP contribution >= 0.6 is 0 Å². The smallest absolute Gasteiger partial charge is 0.289 e. The maximum absolute atomic E-state index is 12.1. The predicted octanol–water partition coefficient (Wildman–Crippen LogP) is 3.11. The molecule has 8 nitrogen and oxygen atoms in total. The van der Waals surface area contributed by atoms with Gasteiger partial charge in [-0.2, -0.15) is 5.10 Å². The van der Waals surface area contributed by atoms with Crippen LogP contribution < -0.4 is 5.43 Å². The molecular weight excluding hydrogens is 346 g/mol. The number of nitro groups is 1. The second-order valence-electron chi connectivity index (χ2n) is 5.68. The maximum atomic E-state index is 12.1. The zero-order chi connectivity index (χ0) is 19.2. The monoisotopic (exact) mass is 363 g/mol. The van der Waals surface area contributed by atoms with Crippen molar-refractivity contribution in [1.82, 2.24) is 15.0 Å². The Labute approximate surface area is 155 Å². The average Bonchev–Trinajstić information content (AvgIpc) is 3.16. The zero-order valence-corrected chi connectivity index (χ0v) is 14.6. The van der Waals surface area contributed by atoms with Crippen LogP contribution in [0.5, 0.6) is 0 Å². The summed E-state index contributed by atoms with van der Waals surface area (Å²) in [5.74, 6) is -0.401. The van der Waals surface area contributed by atoms with E-state index in [0.29, 0.717) is 5.69 Å². The number of rotatable bonds is 6. The quantitative estimate of drug-likeness (QED) is 0.413. The molecule has 0 aliphatic rings. The van der Waals surface area contributed by atoms with Crippen molar-refractivity contribution in [3.05, 3.63) is 88.0 Å². The summed E-state index contributed by atoms with van der Waals surface area (Å²) >= 11 is 0. The topological polar surface area (TPSA) is 102 Å². The lowest BCUT2D eigenvalue weighted by Crippen LogP contribution is -2.19. The molecule has 0 radical (unpaired) electrons. The zero-order valence-electron chi connectivity index (χ0n) is 14.6. The van der Waals surface area contributed by atoms with E-state index < -0.39 is 10.8 Å². The molecule has 1 amide bonds. The number of hydrogen-bond acceptors (Lipinski definition) is 5. The van der Waals surface area contributed by atoms with Gasteiger partial charge in [0.25, 0.3) is 11.6 Å². The van der Waals surface area contributed by atoms with Crippen LogP contribution in [0.1, 0.15) is 28.7 Å². The van der Waals surface area contributed by atoms with Gasteiger partial charge in [-0.05, 0) is 42.3 Å². The van der Waals surface area contributed by atoms with E-state index in [9.17, 15) is 14.9 Å². The van der Waals surface area contributed by atoms with Gasteiger partial charge < -0.3 is 4.57 Å². The number of aryl methyl sites for hydroxylation is 1. The van der Waals surface area contributed by atoms with Crippen LogP contribution in [0.15, 0.2) is 66.0 Å². The molecule has 2 aromatic heterocycles. The van der Waals surface area contributed by atoms with Gasteiger partial charge in [0.05, 0.1) is 16.8 Å². The summed E-state index contributed by atoms with van der Waals surface area (Å²) in [5, 5.41) is 14.7. The van der Waals surface area contributed by atoms with Gasteiger partial charge in [-0.3, -0.25) is 19.9 Å². The second-order valence-corrected chi connectivity index (χ2v) is 5.68. The van der Waals surface area contributed by atoms with Gasteiger partial charge in [0.15, 0.2) is 0 Å². The van der Waals surface area contributed by atoms with E-state index in [1.54, 1.807) is 35.2 Å². The lowest BCUT2D eigenvalue weighted by molar-refractivity contribution is -0.384. The summed E-state index contributed by atoms with van der Waals surface area (Å²) in [6, 6.07) is 13.3. The van der Waals surface area contributed by atoms with E-state index in [4.69, 9.17) is 0 Å². The number of aromatic nitrogens is 2. The fraction of sp³-hybridized carbons (Fsp3) is 0.105. The van der Waals surface area contributed by atoms with E-state index in [1.807, 2.05) is 25.1 Å². The molecule has 8 heteroatoms. The van der Waals surface area contributed by atoms with E-state index in [-0.39, 0.29) is 11.4 Å². The number of nitrogens with zero attached hydrogens (tertiary/aromatic N) is 4. The molecule has 0 saturated carbocycles. The third-order valence-corrected chi connectivity index (χ3v) is 3.95. The Morgan fingerprint density at radius 3 is 2.67 bits per heavy atom. The van der Waals surface area contributed by atoms with E-state index in [1.165, 1.54) is 18.3 Å². The number of carbonyl (C=O) groups excluding carboxylic acids is 1. The minimum atomic E-state index is -0.446. The first-order chi connectivity index (χ1) is 13.1. The highest BCUT2D eigenvalue weighted by molar-refractivity contribution is 5.93. The molecule has 0 bridgehead atoms. The number of non-ortho nitro benzene ring substituents is 1. The van der Waals surface area contributed by atoms with Gasteiger partial charge in [0, 0.05) is 30.2 Å². The number of carbonyl (C=O) groups is 1. The third kappa shape index (κ3) is 4.24. The standard InChI is InChI=1S/C19H17N5O3/c1-2-14-5-10-18(20-12-14)19(25)22-21-13-17-4-3-11-23(17)15-6-8-16(9-7-15)24(26)27/h3-13H,2H2,1H3,(H,22,25)/b21-13+. The molecule has 0 unspecified atom stereocenters. The molecule has 1 N–H and O–H groups in total. The predicted molar refractivity (Wildman–Crippen MR) is 101 cm³/mol. The summed E-state index contributed by atoms with van der Waals surface area (Å²) < 4.78 is 1.80. The largest absolute Gasteiger partial charge is 0.316 e. The molecule has 1 aromatic carbocycles. The number of nitro benzene ring substituents is 1. The number of pyridine rings is 1. The Kier molecular flexibility index (Phi) is 5.36. The minimum Gasteiger partial charge on any atom is -0.316 e. The Hall–Kier alpha value is -3.81. The second kappa shape index (κ2) is 8.05. The van der Waals surface area contributed by atoms with Gasteiger partial charge in [-0.1, -0.05) is 13.0 Å². The normalized spacial score (nSPS) is 10.9. The fourth-order valence-corrected chi connectivity index (χ4v) is 2.45. The highest BCUT2D eigenvalue weighted by Crippen LogP contribution is 2.16. The SMILES string of the molecule is CCc1ccc(C(=O)N/N=C/c2cccn2-c2ccc([N+](=O)[O-])cc2)nc1. The summed E-state index contributed by atoms with van der Waals surface area (Å²) in [4.78, 5) is 26.5. The first-order valence-electron chi connectivity index (χ1n) is 8.29. The van der Waals surface area contributed by atoms with Crippen LogP contribution in [-0.2, 0) is 6.42 Å². The molecule has 2 heterocycles. The minimum absolute atomic E-state index is 0.0231. The molecule has 0 saturated heterocycles.